The highest BCUT2D eigenvalue weighted by Crippen LogP contribution is 2.17. The van der Waals surface area contributed by atoms with Crippen LogP contribution < -0.4 is 15.6 Å². The molecule has 0 aliphatic carbocycles. The average molecular weight is 419 g/mol. The minimum Gasteiger partial charge on any atom is -0.494 e. The summed E-state index contributed by atoms with van der Waals surface area (Å²) in [5, 5.41) is 2.91. The number of halogens is 1. The fourth-order valence-corrected chi connectivity index (χ4v) is 2.96. The van der Waals surface area contributed by atoms with Crippen molar-refractivity contribution < 1.29 is 13.9 Å². The summed E-state index contributed by atoms with van der Waals surface area (Å²) in [4.78, 5) is 37.7. The summed E-state index contributed by atoms with van der Waals surface area (Å²) in [6, 6.07) is 12.6. The quantitative estimate of drug-likeness (QED) is 0.516. The van der Waals surface area contributed by atoms with Gasteiger partial charge < -0.3 is 10.1 Å². The summed E-state index contributed by atoms with van der Waals surface area (Å²) in [5.41, 5.74) is 0.950. The molecule has 31 heavy (non-hydrogen) atoms. The van der Waals surface area contributed by atoms with Crippen molar-refractivity contribution in [3.8, 4) is 17.1 Å². The lowest BCUT2D eigenvalue weighted by molar-refractivity contribution is -0.116. The lowest BCUT2D eigenvalue weighted by atomic mass is 10.2. The molecule has 2 aromatic heterocycles. The normalized spacial score (nSPS) is 10.8. The van der Waals surface area contributed by atoms with Gasteiger partial charge >= 0.3 is 0 Å². The predicted molar refractivity (Wildman–Crippen MR) is 113 cm³/mol. The largest absolute Gasteiger partial charge is 0.494 e. The number of amides is 1. The van der Waals surface area contributed by atoms with Crippen LogP contribution in [0.1, 0.15) is 6.92 Å². The molecule has 0 saturated heterocycles. The number of hydrogen-bond acceptors (Lipinski definition) is 6. The van der Waals surface area contributed by atoms with E-state index < -0.39 is 5.56 Å². The van der Waals surface area contributed by atoms with Crippen molar-refractivity contribution in [2.45, 2.75) is 13.5 Å². The van der Waals surface area contributed by atoms with Gasteiger partial charge in [-0.1, -0.05) is 0 Å². The Morgan fingerprint density at radius 1 is 1.10 bits per heavy atom. The van der Waals surface area contributed by atoms with Crippen molar-refractivity contribution in [3.63, 3.8) is 0 Å². The van der Waals surface area contributed by atoms with Gasteiger partial charge in [0.2, 0.25) is 5.91 Å². The number of ether oxygens (including phenoxy) is 1. The molecule has 4 aromatic rings. The minimum absolute atomic E-state index is 0.183. The third-order valence-electron chi connectivity index (χ3n) is 4.44. The van der Waals surface area contributed by atoms with E-state index in [9.17, 15) is 14.0 Å². The molecular weight excluding hydrogens is 401 g/mol. The first kappa shape index (κ1) is 20.1. The van der Waals surface area contributed by atoms with E-state index in [0.717, 1.165) is 0 Å². The maximum absolute atomic E-state index is 13.1. The van der Waals surface area contributed by atoms with Gasteiger partial charge in [-0.2, -0.15) is 0 Å². The van der Waals surface area contributed by atoms with E-state index in [2.05, 4.69) is 20.3 Å². The number of carbonyl (C=O) groups is 1. The number of rotatable bonds is 6. The van der Waals surface area contributed by atoms with Gasteiger partial charge in [-0.3, -0.25) is 14.2 Å². The van der Waals surface area contributed by atoms with Gasteiger partial charge in [0.25, 0.3) is 5.56 Å². The number of benzene rings is 2. The highest BCUT2D eigenvalue weighted by molar-refractivity contribution is 5.90. The number of nitrogens with zero attached hydrogens (tertiary/aromatic N) is 4. The first-order valence-electron chi connectivity index (χ1n) is 9.54. The van der Waals surface area contributed by atoms with Crippen LogP contribution in [0.15, 0.2) is 65.8 Å². The summed E-state index contributed by atoms with van der Waals surface area (Å²) in [6.45, 7) is 2.23. The lowest BCUT2D eigenvalue weighted by Gasteiger charge is -2.09. The van der Waals surface area contributed by atoms with Crippen LogP contribution in [0.4, 0.5) is 10.1 Å². The molecule has 1 amide bonds. The van der Waals surface area contributed by atoms with Gasteiger partial charge in [0.1, 0.15) is 29.8 Å². The zero-order chi connectivity index (χ0) is 21.8. The monoisotopic (exact) mass is 419 g/mol. The molecule has 9 heteroatoms. The summed E-state index contributed by atoms with van der Waals surface area (Å²) in [7, 11) is 0. The molecular formula is C22H18FN5O3. The van der Waals surface area contributed by atoms with E-state index in [1.807, 2.05) is 6.92 Å². The van der Waals surface area contributed by atoms with Crippen molar-refractivity contribution in [1.29, 1.82) is 0 Å². The molecule has 0 atom stereocenters. The van der Waals surface area contributed by atoms with Crippen LogP contribution in [0.3, 0.4) is 0 Å². The van der Waals surface area contributed by atoms with E-state index in [4.69, 9.17) is 4.74 Å². The number of nitrogens with one attached hydrogen (secondary N) is 1. The third-order valence-corrected chi connectivity index (χ3v) is 4.44. The lowest BCUT2D eigenvalue weighted by Crippen LogP contribution is -2.28. The minimum atomic E-state index is -0.433. The zero-order valence-electron chi connectivity index (χ0n) is 16.6. The molecule has 0 radical (unpaired) electrons. The van der Waals surface area contributed by atoms with E-state index in [0.29, 0.717) is 29.4 Å². The predicted octanol–water partition coefficient (Wildman–Crippen LogP) is 3.03. The van der Waals surface area contributed by atoms with Crippen LogP contribution in [0.2, 0.25) is 0 Å². The second kappa shape index (κ2) is 8.70. The molecule has 4 rings (SSSR count). The molecule has 0 unspecified atom stereocenters. The van der Waals surface area contributed by atoms with Crippen molar-refractivity contribution in [2.24, 2.45) is 0 Å². The first-order chi connectivity index (χ1) is 15.0. The summed E-state index contributed by atoms with van der Waals surface area (Å²) in [5.74, 6) is 0.283. The SMILES string of the molecule is CCOc1ccc(NC(=O)Cn2cnc3nc(-c4ccc(F)cc4)ncc3c2=O)cc1. The second-order valence-electron chi connectivity index (χ2n) is 6.62. The molecule has 0 saturated carbocycles. The number of carbonyl (C=O) groups excluding carboxylic acids is 1. The zero-order valence-corrected chi connectivity index (χ0v) is 16.6. The summed E-state index contributed by atoms with van der Waals surface area (Å²) >= 11 is 0. The van der Waals surface area contributed by atoms with Crippen LogP contribution in [-0.2, 0) is 11.3 Å². The van der Waals surface area contributed by atoms with Gasteiger partial charge in [-0.05, 0) is 55.5 Å². The van der Waals surface area contributed by atoms with Gasteiger partial charge in [0.15, 0.2) is 11.5 Å². The molecule has 0 spiro atoms. The Balaban J connectivity index is 1.52. The van der Waals surface area contributed by atoms with E-state index in [-0.39, 0.29) is 29.3 Å². The molecule has 0 aliphatic heterocycles. The number of hydrogen-bond donors (Lipinski definition) is 1. The Morgan fingerprint density at radius 2 is 1.84 bits per heavy atom. The summed E-state index contributed by atoms with van der Waals surface area (Å²) in [6.07, 6.45) is 2.63. The van der Waals surface area contributed by atoms with Crippen LogP contribution in [0.25, 0.3) is 22.4 Å². The Labute approximate surface area is 176 Å². The van der Waals surface area contributed by atoms with E-state index >= 15 is 0 Å². The van der Waals surface area contributed by atoms with Gasteiger partial charge in [-0.25, -0.2) is 19.3 Å². The number of fused-ring (bicyclic) bond motifs is 1. The number of anilines is 1. The van der Waals surface area contributed by atoms with Crippen molar-refractivity contribution >= 4 is 22.6 Å². The summed E-state index contributed by atoms with van der Waals surface area (Å²) < 4.78 is 19.7. The maximum atomic E-state index is 13.1. The van der Waals surface area contributed by atoms with Crippen molar-refractivity contribution in [2.75, 3.05) is 11.9 Å². The topological polar surface area (TPSA) is 99.0 Å². The third kappa shape index (κ3) is 4.55. The van der Waals surface area contributed by atoms with Crippen LogP contribution in [0.5, 0.6) is 5.75 Å². The number of aromatic nitrogens is 4. The highest BCUT2D eigenvalue weighted by Gasteiger charge is 2.11. The Bertz CT molecular complexity index is 1290. The fraction of sp³-hybridized carbons (Fsp3) is 0.136. The van der Waals surface area contributed by atoms with Crippen LogP contribution in [0, 0.1) is 5.82 Å². The molecule has 2 heterocycles. The Hall–Kier alpha value is -4.14. The molecule has 0 bridgehead atoms. The standard InChI is InChI=1S/C22H18FN5O3/c1-2-31-17-9-7-16(8-10-17)26-19(29)12-28-13-25-21-18(22(28)30)11-24-20(27-21)14-3-5-15(23)6-4-14/h3-11,13H,2,12H2,1H3,(H,26,29). The van der Waals surface area contributed by atoms with Crippen LogP contribution in [-0.4, -0.2) is 32.0 Å². The van der Waals surface area contributed by atoms with Gasteiger partial charge in [0, 0.05) is 17.4 Å². The molecule has 1 N–H and O–H groups in total. The average Bonchev–Trinajstić information content (AvgIpc) is 2.77. The highest BCUT2D eigenvalue weighted by atomic mass is 19.1. The molecule has 0 aliphatic rings. The van der Waals surface area contributed by atoms with Crippen LogP contribution >= 0.6 is 0 Å². The van der Waals surface area contributed by atoms with Gasteiger partial charge in [0.05, 0.1) is 6.61 Å². The first-order valence-corrected chi connectivity index (χ1v) is 9.54. The Kier molecular flexibility index (Phi) is 5.65. The van der Waals surface area contributed by atoms with Crippen molar-refractivity contribution in [3.05, 3.63) is 77.2 Å². The van der Waals surface area contributed by atoms with E-state index in [1.54, 1.807) is 36.4 Å². The second-order valence-corrected chi connectivity index (χ2v) is 6.62. The molecule has 2 aromatic carbocycles. The maximum Gasteiger partial charge on any atom is 0.264 e. The van der Waals surface area contributed by atoms with E-state index in [1.165, 1.54) is 29.2 Å². The molecule has 8 nitrogen and oxygen atoms in total. The fourth-order valence-electron chi connectivity index (χ4n) is 2.96. The molecule has 156 valence electrons. The Morgan fingerprint density at radius 3 is 2.55 bits per heavy atom. The van der Waals surface area contributed by atoms with Gasteiger partial charge in [-0.15, -0.1) is 0 Å². The smallest absolute Gasteiger partial charge is 0.264 e. The molecule has 0 fully saturated rings. The van der Waals surface area contributed by atoms with Crippen molar-refractivity contribution in [1.82, 2.24) is 19.5 Å².